The molecular formula is C18H20O2S. The predicted octanol–water partition coefficient (Wildman–Crippen LogP) is 4.84. The van der Waals surface area contributed by atoms with Crippen LogP contribution in [0.3, 0.4) is 0 Å². The van der Waals surface area contributed by atoms with E-state index in [9.17, 15) is 4.79 Å². The first-order valence-electron chi connectivity index (χ1n) is 7.52. The average molecular weight is 300 g/mol. The topological polar surface area (TPSA) is 26.3 Å². The van der Waals surface area contributed by atoms with Crippen molar-refractivity contribution < 1.29 is 9.53 Å². The summed E-state index contributed by atoms with van der Waals surface area (Å²) in [6, 6.07) is 9.71. The van der Waals surface area contributed by atoms with E-state index in [4.69, 9.17) is 4.74 Å². The van der Waals surface area contributed by atoms with E-state index in [1.165, 1.54) is 10.4 Å². The maximum atomic E-state index is 12.8. The van der Waals surface area contributed by atoms with Gasteiger partial charge in [0.2, 0.25) is 0 Å². The molecule has 0 fully saturated rings. The van der Waals surface area contributed by atoms with Crippen LogP contribution in [0.4, 0.5) is 0 Å². The Bertz CT molecular complexity index is 642. The van der Waals surface area contributed by atoms with Crippen LogP contribution in [-0.2, 0) is 6.42 Å². The summed E-state index contributed by atoms with van der Waals surface area (Å²) in [5.74, 6) is 1.02. The highest BCUT2D eigenvalue weighted by Crippen LogP contribution is 2.37. The minimum absolute atomic E-state index is 0.0225. The summed E-state index contributed by atoms with van der Waals surface area (Å²) in [4.78, 5) is 14.2. The fourth-order valence-electron chi connectivity index (χ4n) is 2.95. The number of carbonyl (C=O) groups excluding carboxylic acids is 1. The second-order valence-electron chi connectivity index (χ2n) is 5.80. The Morgan fingerprint density at radius 3 is 3.00 bits per heavy atom. The van der Waals surface area contributed by atoms with Crippen LogP contribution >= 0.6 is 11.3 Å². The van der Waals surface area contributed by atoms with Crippen LogP contribution in [0.25, 0.3) is 0 Å². The third kappa shape index (κ3) is 3.03. The lowest BCUT2D eigenvalue weighted by atomic mass is 9.82. The van der Waals surface area contributed by atoms with E-state index >= 15 is 0 Å². The van der Waals surface area contributed by atoms with Crippen molar-refractivity contribution in [3.8, 4) is 5.75 Å². The monoisotopic (exact) mass is 300 g/mol. The van der Waals surface area contributed by atoms with E-state index in [0.29, 0.717) is 0 Å². The molecule has 0 saturated heterocycles. The van der Waals surface area contributed by atoms with Crippen LogP contribution in [-0.4, -0.2) is 11.9 Å². The predicted molar refractivity (Wildman–Crippen MR) is 86.5 cm³/mol. The number of ether oxygens (including phenoxy) is 1. The normalized spacial score (nSPS) is 17.6. The fraction of sp³-hybridized carbons (Fsp3) is 0.389. The number of thiophene rings is 1. The Morgan fingerprint density at radius 2 is 2.19 bits per heavy atom. The van der Waals surface area contributed by atoms with Gasteiger partial charge in [0.25, 0.3) is 0 Å². The van der Waals surface area contributed by atoms with E-state index in [-0.39, 0.29) is 17.8 Å². The largest absolute Gasteiger partial charge is 0.491 e. The summed E-state index contributed by atoms with van der Waals surface area (Å²) < 4.78 is 5.70. The minimum Gasteiger partial charge on any atom is -0.491 e. The number of rotatable bonds is 4. The molecule has 1 heterocycles. The molecule has 0 spiro atoms. The van der Waals surface area contributed by atoms with Crippen LogP contribution in [0.1, 0.15) is 53.4 Å². The molecule has 0 N–H and O–H groups in total. The number of hydrogen-bond acceptors (Lipinski definition) is 3. The van der Waals surface area contributed by atoms with E-state index in [0.717, 1.165) is 30.6 Å². The summed E-state index contributed by atoms with van der Waals surface area (Å²) in [6.07, 6.45) is 3.30. The Morgan fingerprint density at radius 1 is 1.33 bits per heavy atom. The van der Waals surface area contributed by atoms with Crippen molar-refractivity contribution in [1.82, 2.24) is 0 Å². The lowest BCUT2D eigenvalue weighted by Crippen LogP contribution is -2.17. The third-order valence-electron chi connectivity index (χ3n) is 3.86. The molecule has 21 heavy (non-hydrogen) atoms. The SMILES string of the molecule is CC(C)Oc1cccc(C(=O)C2CCCc3sccc32)c1. The second kappa shape index (κ2) is 6.02. The van der Waals surface area contributed by atoms with Crippen LogP contribution in [0, 0.1) is 0 Å². The maximum Gasteiger partial charge on any atom is 0.170 e. The van der Waals surface area contributed by atoms with Gasteiger partial charge in [0.1, 0.15) is 5.75 Å². The molecule has 0 bridgehead atoms. The summed E-state index contributed by atoms with van der Waals surface area (Å²) in [5, 5.41) is 2.11. The van der Waals surface area contributed by atoms with Crippen LogP contribution < -0.4 is 4.74 Å². The van der Waals surface area contributed by atoms with Crippen molar-refractivity contribution >= 4 is 17.1 Å². The summed E-state index contributed by atoms with van der Waals surface area (Å²) >= 11 is 1.78. The molecule has 2 aromatic rings. The molecule has 1 aromatic heterocycles. The summed E-state index contributed by atoms with van der Waals surface area (Å²) in [7, 11) is 0. The van der Waals surface area contributed by atoms with Gasteiger partial charge in [-0.05, 0) is 62.3 Å². The molecule has 1 unspecified atom stereocenters. The maximum absolute atomic E-state index is 12.8. The van der Waals surface area contributed by atoms with Crippen LogP contribution in [0.2, 0.25) is 0 Å². The lowest BCUT2D eigenvalue weighted by Gasteiger charge is -2.21. The highest BCUT2D eigenvalue weighted by atomic mass is 32.1. The quantitative estimate of drug-likeness (QED) is 0.755. The molecule has 1 aliphatic carbocycles. The van der Waals surface area contributed by atoms with Gasteiger partial charge in [-0.1, -0.05) is 12.1 Å². The van der Waals surface area contributed by atoms with Gasteiger partial charge in [0, 0.05) is 16.4 Å². The molecule has 110 valence electrons. The highest BCUT2D eigenvalue weighted by Gasteiger charge is 2.28. The molecule has 1 aliphatic rings. The zero-order valence-electron chi connectivity index (χ0n) is 12.5. The number of aryl methyl sites for hydroxylation is 1. The number of carbonyl (C=O) groups is 1. The van der Waals surface area contributed by atoms with Crippen molar-refractivity contribution in [2.45, 2.75) is 45.1 Å². The standard InChI is InChI=1S/C18H20O2S/c1-12(2)20-14-6-3-5-13(11-14)18(19)16-7-4-8-17-15(16)9-10-21-17/h3,5-6,9-12,16H,4,7-8H2,1-2H3. The Hall–Kier alpha value is -1.61. The Labute approximate surface area is 129 Å². The van der Waals surface area contributed by atoms with Gasteiger partial charge in [-0.2, -0.15) is 0 Å². The minimum atomic E-state index is 0.0225. The van der Waals surface area contributed by atoms with E-state index in [1.807, 2.05) is 38.1 Å². The van der Waals surface area contributed by atoms with Crippen molar-refractivity contribution in [2.24, 2.45) is 0 Å². The first kappa shape index (κ1) is 14.3. The van der Waals surface area contributed by atoms with Gasteiger partial charge in [-0.15, -0.1) is 11.3 Å². The number of ketones is 1. The molecule has 0 radical (unpaired) electrons. The van der Waals surface area contributed by atoms with E-state index < -0.39 is 0 Å². The Balaban J connectivity index is 1.86. The molecule has 1 aromatic carbocycles. The first-order chi connectivity index (χ1) is 10.1. The highest BCUT2D eigenvalue weighted by molar-refractivity contribution is 7.10. The molecule has 1 atom stereocenters. The second-order valence-corrected chi connectivity index (χ2v) is 6.80. The number of benzene rings is 1. The molecular weight excluding hydrogens is 280 g/mol. The van der Waals surface area contributed by atoms with Gasteiger partial charge < -0.3 is 4.74 Å². The molecule has 3 rings (SSSR count). The summed E-state index contributed by atoms with van der Waals surface area (Å²) in [5.41, 5.74) is 2.00. The first-order valence-corrected chi connectivity index (χ1v) is 8.40. The summed E-state index contributed by atoms with van der Waals surface area (Å²) in [6.45, 7) is 3.99. The van der Waals surface area contributed by atoms with Crippen molar-refractivity contribution in [3.63, 3.8) is 0 Å². The van der Waals surface area contributed by atoms with Gasteiger partial charge in [-0.3, -0.25) is 4.79 Å². The van der Waals surface area contributed by atoms with Crippen molar-refractivity contribution in [1.29, 1.82) is 0 Å². The zero-order valence-corrected chi connectivity index (χ0v) is 13.3. The molecule has 0 aliphatic heterocycles. The van der Waals surface area contributed by atoms with Gasteiger partial charge in [-0.25, -0.2) is 0 Å². The molecule has 3 heteroatoms. The molecule has 2 nitrogen and oxygen atoms in total. The van der Waals surface area contributed by atoms with Crippen LogP contribution in [0.5, 0.6) is 5.75 Å². The van der Waals surface area contributed by atoms with Crippen molar-refractivity contribution in [3.05, 3.63) is 51.7 Å². The Kier molecular flexibility index (Phi) is 4.11. The van der Waals surface area contributed by atoms with E-state index in [2.05, 4.69) is 11.4 Å². The average Bonchev–Trinajstić information content (AvgIpc) is 2.94. The van der Waals surface area contributed by atoms with E-state index in [1.54, 1.807) is 11.3 Å². The smallest absolute Gasteiger partial charge is 0.170 e. The van der Waals surface area contributed by atoms with Gasteiger partial charge in [0.15, 0.2) is 5.78 Å². The fourth-order valence-corrected chi connectivity index (χ4v) is 3.94. The number of hydrogen-bond donors (Lipinski definition) is 0. The van der Waals surface area contributed by atoms with Crippen molar-refractivity contribution in [2.75, 3.05) is 0 Å². The van der Waals surface area contributed by atoms with Crippen LogP contribution in [0.15, 0.2) is 35.7 Å². The third-order valence-corrected chi connectivity index (χ3v) is 4.86. The number of fused-ring (bicyclic) bond motifs is 1. The van der Waals surface area contributed by atoms with Gasteiger partial charge in [0.05, 0.1) is 6.10 Å². The van der Waals surface area contributed by atoms with Gasteiger partial charge >= 0.3 is 0 Å². The zero-order chi connectivity index (χ0) is 14.8. The molecule has 0 amide bonds. The molecule has 0 saturated carbocycles. The lowest BCUT2D eigenvalue weighted by molar-refractivity contribution is 0.0950. The number of Topliss-reactive ketones (excluding diaryl/α,β-unsaturated/α-hetero) is 1.